The van der Waals surface area contributed by atoms with Crippen molar-refractivity contribution in [1.82, 2.24) is 19.8 Å². The number of nitrogens with zero attached hydrogens (tertiary/aromatic N) is 3. The first-order chi connectivity index (χ1) is 15.4. The second kappa shape index (κ2) is 9.37. The number of aliphatic hydroxyl groups excluding tert-OH is 1. The van der Waals surface area contributed by atoms with Crippen molar-refractivity contribution in [2.75, 3.05) is 26.9 Å². The van der Waals surface area contributed by atoms with Crippen molar-refractivity contribution in [2.45, 2.75) is 25.4 Å². The van der Waals surface area contributed by atoms with Crippen LogP contribution in [0.3, 0.4) is 0 Å². The molecule has 0 bridgehead atoms. The molecule has 168 valence electrons. The number of amides is 1. The molecule has 0 atom stereocenters. The fourth-order valence-corrected chi connectivity index (χ4v) is 3.87. The summed E-state index contributed by atoms with van der Waals surface area (Å²) in [6, 6.07) is 9.04. The van der Waals surface area contributed by atoms with Gasteiger partial charge in [-0.05, 0) is 48.7 Å². The lowest BCUT2D eigenvalue weighted by molar-refractivity contribution is -0.136. The van der Waals surface area contributed by atoms with Gasteiger partial charge >= 0.3 is 5.97 Å². The molecule has 1 aliphatic rings. The van der Waals surface area contributed by atoms with E-state index in [1.165, 1.54) is 0 Å². The Morgan fingerprint density at radius 2 is 2.00 bits per heavy atom. The van der Waals surface area contributed by atoms with Crippen molar-refractivity contribution >= 4 is 17.4 Å². The Bertz CT molecular complexity index is 1130. The number of hydrogen-bond donors (Lipinski definition) is 3. The molecule has 3 N–H and O–H groups in total. The van der Waals surface area contributed by atoms with Gasteiger partial charge in [-0.1, -0.05) is 0 Å². The SMILES string of the molecule is CNC(=O)c1ccc(-c2ccn3ncc(CC(=O)O)c3c2)c(OCN2CCC(O)CC2)c1. The normalized spacial score (nSPS) is 15.1. The number of likely N-dealkylation sites (tertiary alicyclic amines) is 1. The summed E-state index contributed by atoms with van der Waals surface area (Å²) in [6.45, 7) is 1.83. The number of fused-ring (bicyclic) bond motifs is 1. The number of carboxylic acid groups (broad SMARTS) is 1. The summed E-state index contributed by atoms with van der Waals surface area (Å²) in [5.41, 5.74) is 3.43. The highest BCUT2D eigenvalue weighted by Gasteiger charge is 2.19. The molecule has 3 heterocycles. The fraction of sp³-hybridized carbons (Fsp3) is 0.348. The molecule has 0 saturated carbocycles. The van der Waals surface area contributed by atoms with Gasteiger partial charge in [0, 0.05) is 43.0 Å². The Balaban J connectivity index is 1.67. The molecule has 9 nitrogen and oxygen atoms in total. The van der Waals surface area contributed by atoms with E-state index in [1.807, 2.05) is 18.2 Å². The van der Waals surface area contributed by atoms with Crippen molar-refractivity contribution in [3.05, 3.63) is 53.9 Å². The van der Waals surface area contributed by atoms with Crippen LogP contribution >= 0.6 is 0 Å². The Morgan fingerprint density at radius 1 is 1.22 bits per heavy atom. The smallest absolute Gasteiger partial charge is 0.307 e. The Morgan fingerprint density at radius 3 is 2.72 bits per heavy atom. The van der Waals surface area contributed by atoms with E-state index in [4.69, 9.17) is 4.74 Å². The molecule has 1 saturated heterocycles. The zero-order valence-electron chi connectivity index (χ0n) is 17.8. The maximum atomic E-state index is 12.2. The van der Waals surface area contributed by atoms with E-state index in [0.717, 1.165) is 24.2 Å². The summed E-state index contributed by atoms with van der Waals surface area (Å²) in [5, 5.41) is 25.7. The van der Waals surface area contributed by atoms with Gasteiger partial charge in [-0.15, -0.1) is 0 Å². The van der Waals surface area contributed by atoms with Crippen LogP contribution in [0.15, 0.2) is 42.7 Å². The number of aliphatic carboxylic acids is 1. The molecular formula is C23H26N4O5. The van der Waals surface area contributed by atoms with Crippen LogP contribution in [0.5, 0.6) is 5.75 Å². The molecule has 0 aliphatic carbocycles. The Kier molecular flexibility index (Phi) is 6.38. The fourth-order valence-electron chi connectivity index (χ4n) is 3.87. The van der Waals surface area contributed by atoms with Gasteiger partial charge in [0.1, 0.15) is 12.5 Å². The van der Waals surface area contributed by atoms with Crippen LogP contribution < -0.4 is 10.1 Å². The molecule has 1 amide bonds. The average Bonchev–Trinajstić information content (AvgIpc) is 3.19. The van der Waals surface area contributed by atoms with Gasteiger partial charge in [-0.25, -0.2) is 4.52 Å². The van der Waals surface area contributed by atoms with Crippen molar-refractivity contribution in [3.63, 3.8) is 0 Å². The molecule has 1 aliphatic heterocycles. The van der Waals surface area contributed by atoms with Crippen molar-refractivity contribution in [3.8, 4) is 16.9 Å². The number of carboxylic acids is 1. The van der Waals surface area contributed by atoms with Gasteiger partial charge in [0.25, 0.3) is 5.91 Å². The van der Waals surface area contributed by atoms with Crippen LogP contribution in [-0.4, -0.2) is 69.6 Å². The highest BCUT2D eigenvalue weighted by Crippen LogP contribution is 2.33. The molecule has 0 unspecified atom stereocenters. The highest BCUT2D eigenvalue weighted by molar-refractivity contribution is 5.95. The van der Waals surface area contributed by atoms with Gasteiger partial charge in [0.2, 0.25) is 0 Å². The minimum absolute atomic E-state index is 0.118. The third-order valence-corrected chi connectivity index (χ3v) is 5.68. The largest absolute Gasteiger partial charge is 0.481 e. The lowest BCUT2D eigenvalue weighted by Gasteiger charge is -2.29. The number of aliphatic hydroxyl groups is 1. The van der Waals surface area contributed by atoms with E-state index in [0.29, 0.717) is 42.0 Å². The molecule has 32 heavy (non-hydrogen) atoms. The molecule has 0 radical (unpaired) electrons. The highest BCUT2D eigenvalue weighted by atomic mass is 16.5. The van der Waals surface area contributed by atoms with Gasteiger partial charge < -0.3 is 20.3 Å². The summed E-state index contributed by atoms with van der Waals surface area (Å²) in [7, 11) is 1.58. The van der Waals surface area contributed by atoms with E-state index in [1.54, 1.807) is 36.1 Å². The number of carbonyl (C=O) groups is 2. The van der Waals surface area contributed by atoms with Crippen LogP contribution in [0, 0.1) is 0 Å². The van der Waals surface area contributed by atoms with Crippen LogP contribution in [0.2, 0.25) is 0 Å². The van der Waals surface area contributed by atoms with Gasteiger partial charge in [-0.2, -0.15) is 5.10 Å². The Labute approximate surface area is 185 Å². The van der Waals surface area contributed by atoms with Gasteiger partial charge in [0.15, 0.2) is 0 Å². The Hall–Kier alpha value is -3.43. The number of ether oxygens (including phenoxy) is 1. The molecule has 1 fully saturated rings. The summed E-state index contributed by atoms with van der Waals surface area (Å²) in [5.74, 6) is -0.575. The number of nitrogens with one attached hydrogen (secondary N) is 1. The lowest BCUT2D eigenvalue weighted by atomic mass is 10.0. The van der Waals surface area contributed by atoms with E-state index < -0.39 is 5.97 Å². The van der Waals surface area contributed by atoms with Crippen LogP contribution in [-0.2, 0) is 11.2 Å². The number of hydrogen-bond acceptors (Lipinski definition) is 6. The predicted molar refractivity (Wildman–Crippen MR) is 118 cm³/mol. The minimum Gasteiger partial charge on any atom is -0.481 e. The molecule has 4 rings (SSSR count). The number of piperidine rings is 1. The quantitative estimate of drug-likeness (QED) is 0.515. The van der Waals surface area contributed by atoms with Gasteiger partial charge in [0.05, 0.1) is 24.2 Å². The van der Waals surface area contributed by atoms with Gasteiger partial charge in [-0.3, -0.25) is 14.5 Å². The van der Waals surface area contributed by atoms with Crippen molar-refractivity contribution < 1.29 is 24.5 Å². The van der Waals surface area contributed by atoms with Crippen LogP contribution in [0.25, 0.3) is 16.6 Å². The number of aromatic nitrogens is 2. The minimum atomic E-state index is -0.920. The van der Waals surface area contributed by atoms with Crippen molar-refractivity contribution in [2.24, 2.45) is 0 Å². The second-order valence-corrected chi connectivity index (χ2v) is 7.90. The summed E-state index contributed by atoms with van der Waals surface area (Å²) in [6.07, 6.45) is 4.37. The van der Waals surface area contributed by atoms with E-state index in [-0.39, 0.29) is 18.4 Å². The maximum Gasteiger partial charge on any atom is 0.307 e. The summed E-state index contributed by atoms with van der Waals surface area (Å²) >= 11 is 0. The van der Waals surface area contributed by atoms with Crippen LogP contribution in [0.1, 0.15) is 28.8 Å². The summed E-state index contributed by atoms with van der Waals surface area (Å²) < 4.78 is 7.78. The lowest BCUT2D eigenvalue weighted by Crippen LogP contribution is -2.38. The molecule has 3 aromatic rings. The van der Waals surface area contributed by atoms with Crippen LogP contribution in [0.4, 0.5) is 0 Å². The topological polar surface area (TPSA) is 116 Å². The number of benzene rings is 1. The number of pyridine rings is 1. The zero-order valence-corrected chi connectivity index (χ0v) is 17.8. The molecule has 1 aromatic carbocycles. The number of rotatable bonds is 7. The zero-order chi connectivity index (χ0) is 22.7. The summed E-state index contributed by atoms with van der Waals surface area (Å²) in [4.78, 5) is 25.5. The standard InChI is InChI=1S/C23H26N4O5/c1-24-23(31)16-2-3-19(21(11-16)32-14-26-7-5-18(28)6-8-26)15-4-9-27-20(10-15)17(13-25-27)12-22(29)30/h2-4,9-11,13,18,28H,5-8,12,14H2,1H3,(H,24,31)(H,29,30). The number of carbonyl (C=O) groups excluding carboxylic acids is 1. The first-order valence-electron chi connectivity index (χ1n) is 10.5. The predicted octanol–water partition coefficient (Wildman–Crippen LogP) is 1.78. The maximum absolute atomic E-state index is 12.2. The average molecular weight is 438 g/mol. The molecule has 0 spiro atoms. The molecule has 9 heteroatoms. The third kappa shape index (κ3) is 4.74. The van der Waals surface area contributed by atoms with E-state index >= 15 is 0 Å². The first-order valence-corrected chi connectivity index (χ1v) is 10.5. The monoisotopic (exact) mass is 438 g/mol. The second-order valence-electron chi connectivity index (χ2n) is 7.90. The van der Waals surface area contributed by atoms with Crippen molar-refractivity contribution in [1.29, 1.82) is 0 Å². The third-order valence-electron chi connectivity index (χ3n) is 5.68. The van der Waals surface area contributed by atoms with E-state index in [2.05, 4.69) is 15.3 Å². The molecule has 2 aromatic heterocycles. The first kappa shape index (κ1) is 21.8. The molecular weight excluding hydrogens is 412 g/mol. The van der Waals surface area contributed by atoms with E-state index in [9.17, 15) is 19.8 Å².